The summed E-state index contributed by atoms with van der Waals surface area (Å²) < 4.78 is 6.29. The second-order valence-corrected chi connectivity index (χ2v) is 5.59. The summed E-state index contributed by atoms with van der Waals surface area (Å²) in [5, 5.41) is 10.5. The standard InChI is InChI=1S/C18H14N4O3/c1-22-16(15(18(24)25-22)11-5-3-2-4-6-11)17(23)20-13-8-7-12-10-19-21-14(12)9-13/h2-10H,1H3,(H,19,21)(H,20,23). The minimum atomic E-state index is -0.553. The monoisotopic (exact) mass is 334 g/mol. The second kappa shape index (κ2) is 5.79. The van der Waals surface area contributed by atoms with E-state index in [1.807, 2.05) is 12.1 Å². The van der Waals surface area contributed by atoms with Gasteiger partial charge in [-0.05, 0) is 23.8 Å². The lowest BCUT2D eigenvalue weighted by molar-refractivity contribution is 0.100. The molecule has 0 saturated heterocycles. The molecule has 25 heavy (non-hydrogen) atoms. The van der Waals surface area contributed by atoms with E-state index in [-0.39, 0.29) is 11.3 Å². The third-order valence-electron chi connectivity index (χ3n) is 3.95. The van der Waals surface area contributed by atoms with Gasteiger partial charge in [0.15, 0.2) is 5.69 Å². The number of rotatable bonds is 3. The number of anilines is 1. The normalized spacial score (nSPS) is 10.9. The molecule has 0 aliphatic rings. The Morgan fingerprint density at radius 3 is 2.80 bits per heavy atom. The van der Waals surface area contributed by atoms with Crippen LogP contribution < -0.4 is 10.9 Å². The molecule has 7 nitrogen and oxygen atoms in total. The zero-order chi connectivity index (χ0) is 17.4. The van der Waals surface area contributed by atoms with E-state index in [2.05, 4.69) is 15.5 Å². The lowest BCUT2D eigenvalue weighted by Crippen LogP contribution is -2.17. The number of fused-ring (bicyclic) bond motifs is 1. The molecule has 4 rings (SSSR count). The number of amides is 1. The number of benzene rings is 2. The van der Waals surface area contributed by atoms with Gasteiger partial charge in [0, 0.05) is 18.1 Å². The van der Waals surface area contributed by atoms with Crippen LogP contribution in [-0.4, -0.2) is 20.8 Å². The van der Waals surface area contributed by atoms with Crippen LogP contribution in [-0.2, 0) is 7.05 Å². The molecule has 0 radical (unpaired) electrons. The summed E-state index contributed by atoms with van der Waals surface area (Å²) >= 11 is 0. The Morgan fingerprint density at radius 1 is 1.20 bits per heavy atom. The van der Waals surface area contributed by atoms with Crippen LogP contribution in [0.4, 0.5) is 5.69 Å². The number of hydrogen-bond acceptors (Lipinski definition) is 4. The van der Waals surface area contributed by atoms with Gasteiger partial charge in [-0.2, -0.15) is 5.10 Å². The van der Waals surface area contributed by atoms with Gasteiger partial charge in [-0.1, -0.05) is 30.3 Å². The maximum absolute atomic E-state index is 12.8. The number of H-pyrrole nitrogens is 1. The lowest BCUT2D eigenvalue weighted by Gasteiger charge is -2.07. The van der Waals surface area contributed by atoms with E-state index >= 15 is 0 Å². The Bertz CT molecular complexity index is 1120. The molecule has 124 valence electrons. The van der Waals surface area contributed by atoms with E-state index in [9.17, 15) is 9.59 Å². The van der Waals surface area contributed by atoms with Crippen molar-refractivity contribution < 1.29 is 9.32 Å². The maximum Gasteiger partial charge on any atom is 0.366 e. The molecule has 0 saturated carbocycles. The Hall–Kier alpha value is -3.61. The minimum absolute atomic E-state index is 0.168. The van der Waals surface area contributed by atoms with Crippen LogP contribution in [0, 0.1) is 0 Å². The van der Waals surface area contributed by atoms with Crippen molar-refractivity contribution in [1.29, 1.82) is 0 Å². The second-order valence-electron chi connectivity index (χ2n) is 5.59. The molecule has 0 aliphatic heterocycles. The number of hydrogen-bond donors (Lipinski definition) is 2. The summed E-state index contributed by atoms with van der Waals surface area (Å²) in [7, 11) is 1.53. The van der Waals surface area contributed by atoms with E-state index in [1.165, 1.54) is 11.8 Å². The van der Waals surface area contributed by atoms with Crippen molar-refractivity contribution in [3.63, 3.8) is 0 Å². The Kier molecular flexibility index (Phi) is 3.46. The molecule has 2 heterocycles. The fraction of sp³-hybridized carbons (Fsp3) is 0.0556. The first-order valence-electron chi connectivity index (χ1n) is 7.63. The topological polar surface area (TPSA) is 92.9 Å². The largest absolute Gasteiger partial charge is 0.366 e. The van der Waals surface area contributed by atoms with E-state index in [1.54, 1.807) is 42.6 Å². The molecule has 2 N–H and O–H groups in total. The average molecular weight is 334 g/mol. The Labute approximate surface area is 141 Å². The van der Waals surface area contributed by atoms with Crippen molar-refractivity contribution in [2.75, 3.05) is 5.32 Å². The predicted molar refractivity (Wildman–Crippen MR) is 93.4 cm³/mol. The zero-order valence-corrected chi connectivity index (χ0v) is 13.3. The van der Waals surface area contributed by atoms with Crippen molar-refractivity contribution in [1.82, 2.24) is 14.9 Å². The number of carbonyl (C=O) groups is 1. The summed E-state index contributed by atoms with van der Waals surface area (Å²) in [6.45, 7) is 0. The van der Waals surface area contributed by atoms with Crippen LogP contribution in [0.3, 0.4) is 0 Å². The van der Waals surface area contributed by atoms with Gasteiger partial charge >= 0.3 is 5.63 Å². The predicted octanol–water partition coefficient (Wildman–Crippen LogP) is 2.77. The summed E-state index contributed by atoms with van der Waals surface area (Å²) in [5.74, 6) is -0.425. The maximum atomic E-state index is 12.8. The first-order valence-corrected chi connectivity index (χ1v) is 7.63. The number of nitrogens with zero attached hydrogens (tertiary/aromatic N) is 2. The number of nitrogens with one attached hydrogen (secondary N) is 2. The highest BCUT2D eigenvalue weighted by molar-refractivity contribution is 6.07. The quantitative estimate of drug-likeness (QED) is 0.602. The molecule has 2 aromatic carbocycles. The average Bonchev–Trinajstić information content (AvgIpc) is 3.18. The fourth-order valence-corrected chi connectivity index (χ4v) is 2.79. The molecule has 0 fully saturated rings. The van der Waals surface area contributed by atoms with Gasteiger partial charge in [-0.15, -0.1) is 0 Å². The van der Waals surface area contributed by atoms with Crippen LogP contribution >= 0.6 is 0 Å². The van der Waals surface area contributed by atoms with Crippen LogP contribution in [0.2, 0.25) is 0 Å². The van der Waals surface area contributed by atoms with E-state index < -0.39 is 11.5 Å². The van der Waals surface area contributed by atoms with Gasteiger partial charge in [0.25, 0.3) is 5.91 Å². The molecule has 2 aromatic heterocycles. The van der Waals surface area contributed by atoms with Crippen LogP contribution in [0.1, 0.15) is 10.5 Å². The molecule has 0 atom stereocenters. The van der Waals surface area contributed by atoms with Crippen molar-refractivity contribution in [3.8, 4) is 11.1 Å². The summed E-state index contributed by atoms with van der Waals surface area (Å²) in [5.41, 5.74) is 1.88. The van der Waals surface area contributed by atoms with Gasteiger partial charge in [0.05, 0.1) is 11.7 Å². The molecular weight excluding hydrogens is 320 g/mol. The fourth-order valence-electron chi connectivity index (χ4n) is 2.79. The number of aromatic nitrogens is 3. The highest BCUT2D eigenvalue weighted by atomic mass is 16.5. The molecule has 4 aromatic rings. The first kappa shape index (κ1) is 14.9. The van der Waals surface area contributed by atoms with Crippen molar-refractivity contribution in [2.45, 2.75) is 0 Å². The van der Waals surface area contributed by atoms with Gasteiger partial charge < -0.3 is 9.84 Å². The summed E-state index contributed by atoms with van der Waals surface area (Å²) in [6.07, 6.45) is 1.70. The van der Waals surface area contributed by atoms with Gasteiger partial charge in [0.1, 0.15) is 5.56 Å². The van der Waals surface area contributed by atoms with Crippen molar-refractivity contribution in [2.24, 2.45) is 7.05 Å². The number of carbonyl (C=O) groups excluding carboxylic acids is 1. The lowest BCUT2D eigenvalue weighted by atomic mass is 10.1. The molecule has 7 heteroatoms. The zero-order valence-electron chi connectivity index (χ0n) is 13.3. The molecule has 0 spiro atoms. The minimum Gasteiger partial charge on any atom is -0.335 e. The third-order valence-corrected chi connectivity index (χ3v) is 3.95. The molecular formula is C18H14N4O3. The number of aromatic amines is 1. The van der Waals surface area contributed by atoms with Crippen LogP contribution in [0.25, 0.3) is 22.0 Å². The van der Waals surface area contributed by atoms with E-state index in [0.29, 0.717) is 11.3 Å². The van der Waals surface area contributed by atoms with Crippen molar-refractivity contribution >= 4 is 22.5 Å². The van der Waals surface area contributed by atoms with Gasteiger partial charge in [0.2, 0.25) is 0 Å². The molecule has 0 unspecified atom stereocenters. The first-order chi connectivity index (χ1) is 12.1. The number of aryl methyl sites for hydroxylation is 1. The highest BCUT2D eigenvalue weighted by Crippen LogP contribution is 2.22. The SMILES string of the molecule is Cn1oc(=O)c(-c2ccccc2)c1C(=O)Nc1ccc2cn[nH]c2c1. The van der Waals surface area contributed by atoms with Gasteiger partial charge in [-0.3, -0.25) is 9.89 Å². The Morgan fingerprint density at radius 2 is 2.00 bits per heavy atom. The van der Waals surface area contributed by atoms with Crippen LogP contribution in [0.5, 0.6) is 0 Å². The summed E-state index contributed by atoms with van der Waals surface area (Å²) in [4.78, 5) is 24.9. The van der Waals surface area contributed by atoms with Crippen molar-refractivity contribution in [3.05, 3.63) is 70.8 Å². The summed E-state index contributed by atoms with van der Waals surface area (Å²) in [6, 6.07) is 14.4. The third kappa shape index (κ3) is 2.61. The Balaban J connectivity index is 1.74. The van der Waals surface area contributed by atoms with Crippen LogP contribution in [0.15, 0.2) is 64.0 Å². The molecule has 1 amide bonds. The van der Waals surface area contributed by atoms with Gasteiger partial charge in [-0.25, -0.2) is 9.53 Å². The highest BCUT2D eigenvalue weighted by Gasteiger charge is 2.23. The molecule has 0 aliphatic carbocycles. The van der Waals surface area contributed by atoms with E-state index in [0.717, 1.165) is 10.9 Å². The van der Waals surface area contributed by atoms with E-state index in [4.69, 9.17) is 4.52 Å². The smallest absolute Gasteiger partial charge is 0.335 e. The molecule has 0 bridgehead atoms.